The Kier molecular flexibility index (Phi) is 4.90. The fourth-order valence-electron chi connectivity index (χ4n) is 2.77. The standard InChI is InChI=1S/C20H17ClN6O/c1-12-5-7-15-18(24-12)26-27-19(15)25-20(28)13-6-8-16(21)17(10-13)23-11-14-4-2-3-9-22-14/h2-10,23H,11H2,1H3,(H2,24,25,26,27,28). The predicted molar refractivity (Wildman–Crippen MR) is 110 cm³/mol. The average Bonchev–Trinajstić information content (AvgIpc) is 3.09. The van der Waals surface area contributed by atoms with Crippen LogP contribution < -0.4 is 10.6 Å². The first kappa shape index (κ1) is 17.9. The Bertz CT molecular complexity index is 1140. The van der Waals surface area contributed by atoms with E-state index >= 15 is 0 Å². The Labute approximate surface area is 166 Å². The van der Waals surface area contributed by atoms with Crippen LogP contribution in [-0.2, 0) is 6.54 Å². The van der Waals surface area contributed by atoms with Crippen molar-refractivity contribution in [3.8, 4) is 0 Å². The Morgan fingerprint density at radius 1 is 1.18 bits per heavy atom. The second-order valence-electron chi connectivity index (χ2n) is 6.24. The lowest BCUT2D eigenvalue weighted by molar-refractivity contribution is 0.102. The minimum atomic E-state index is -0.286. The van der Waals surface area contributed by atoms with Gasteiger partial charge in [0.1, 0.15) is 0 Å². The number of nitrogens with zero attached hydrogens (tertiary/aromatic N) is 3. The lowest BCUT2D eigenvalue weighted by Crippen LogP contribution is -2.13. The number of H-pyrrole nitrogens is 1. The molecule has 1 amide bonds. The third kappa shape index (κ3) is 3.79. The molecule has 8 heteroatoms. The fourth-order valence-corrected chi connectivity index (χ4v) is 2.95. The largest absolute Gasteiger partial charge is 0.378 e. The lowest BCUT2D eigenvalue weighted by atomic mass is 10.1. The summed E-state index contributed by atoms with van der Waals surface area (Å²) >= 11 is 6.26. The summed E-state index contributed by atoms with van der Waals surface area (Å²) in [5.41, 5.74) is 3.49. The van der Waals surface area contributed by atoms with Crippen LogP contribution in [0.1, 0.15) is 21.7 Å². The fraction of sp³-hybridized carbons (Fsp3) is 0.100. The van der Waals surface area contributed by atoms with Crippen LogP contribution in [0.2, 0.25) is 5.02 Å². The van der Waals surface area contributed by atoms with Crippen molar-refractivity contribution in [2.45, 2.75) is 13.5 Å². The Balaban J connectivity index is 1.52. The number of hydrogen-bond donors (Lipinski definition) is 3. The van der Waals surface area contributed by atoms with Crippen molar-refractivity contribution in [2.75, 3.05) is 10.6 Å². The summed E-state index contributed by atoms with van der Waals surface area (Å²) in [6.45, 7) is 2.40. The molecular formula is C20H17ClN6O. The van der Waals surface area contributed by atoms with Crippen molar-refractivity contribution in [3.05, 3.63) is 76.7 Å². The van der Waals surface area contributed by atoms with E-state index in [0.717, 1.165) is 16.8 Å². The number of pyridine rings is 2. The molecule has 3 heterocycles. The molecule has 0 bridgehead atoms. The van der Waals surface area contributed by atoms with Gasteiger partial charge in [0.05, 0.1) is 28.3 Å². The number of carbonyl (C=O) groups excluding carboxylic acids is 1. The van der Waals surface area contributed by atoms with Crippen molar-refractivity contribution >= 4 is 40.0 Å². The molecule has 4 rings (SSSR count). The number of aryl methyl sites for hydroxylation is 1. The predicted octanol–water partition coefficient (Wildman–Crippen LogP) is 4.18. The van der Waals surface area contributed by atoms with E-state index in [1.165, 1.54) is 0 Å². The molecule has 0 aliphatic rings. The molecule has 0 spiro atoms. The number of hydrogen-bond acceptors (Lipinski definition) is 5. The highest BCUT2D eigenvalue weighted by Gasteiger charge is 2.13. The number of fused-ring (bicyclic) bond motifs is 1. The zero-order chi connectivity index (χ0) is 19.5. The number of nitrogens with one attached hydrogen (secondary N) is 3. The number of aromatic nitrogens is 4. The Hall–Kier alpha value is -3.45. The van der Waals surface area contributed by atoms with Gasteiger partial charge in [-0.3, -0.25) is 14.9 Å². The van der Waals surface area contributed by atoms with Gasteiger partial charge in [-0.25, -0.2) is 4.98 Å². The second-order valence-corrected chi connectivity index (χ2v) is 6.65. The van der Waals surface area contributed by atoms with Crippen LogP contribution in [0.15, 0.2) is 54.7 Å². The Morgan fingerprint density at radius 2 is 2.07 bits per heavy atom. The molecule has 0 unspecified atom stereocenters. The summed E-state index contributed by atoms with van der Waals surface area (Å²) in [5.74, 6) is 0.150. The quantitative estimate of drug-likeness (QED) is 0.473. The number of halogens is 1. The van der Waals surface area contributed by atoms with Crippen LogP contribution in [0.4, 0.5) is 11.5 Å². The van der Waals surface area contributed by atoms with Crippen LogP contribution in [-0.4, -0.2) is 26.1 Å². The van der Waals surface area contributed by atoms with Gasteiger partial charge in [-0.1, -0.05) is 17.7 Å². The third-order valence-electron chi connectivity index (χ3n) is 4.21. The van der Waals surface area contributed by atoms with Gasteiger partial charge in [0.2, 0.25) is 0 Å². The minimum Gasteiger partial charge on any atom is -0.378 e. The zero-order valence-electron chi connectivity index (χ0n) is 15.0. The van der Waals surface area contributed by atoms with Gasteiger partial charge in [0.25, 0.3) is 5.91 Å². The number of anilines is 2. The van der Waals surface area contributed by atoms with Gasteiger partial charge in [-0.05, 0) is 49.4 Å². The molecule has 0 saturated carbocycles. The number of amides is 1. The van der Waals surface area contributed by atoms with Crippen molar-refractivity contribution in [1.82, 2.24) is 20.2 Å². The average molecular weight is 393 g/mol. The molecular weight excluding hydrogens is 376 g/mol. The summed E-state index contributed by atoms with van der Waals surface area (Å²) in [6.07, 6.45) is 1.73. The molecule has 4 aromatic rings. The van der Waals surface area contributed by atoms with Crippen LogP contribution in [0, 0.1) is 6.92 Å². The van der Waals surface area contributed by atoms with Gasteiger partial charge in [0, 0.05) is 17.5 Å². The highest BCUT2D eigenvalue weighted by Crippen LogP contribution is 2.25. The van der Waals surface area contributed by atoms with Gasteiger partial charge >= 0.3 is 0 Å². The van der Waals surface area contributed by atoms with E-state index in [9.17, 15) is 4.79 Å². The molecule has 3 N–H and O–H groups in total. The maximum absolute atomic E-state index is 12.7. The maximum atomic E-state index is 12.7. The minimum absolute atomic E-state index is 0.286. The molecule has 0 fully saturated rings. The van der Waals surface area contributed by atoms with Crippen LogP contribution in [0.25, 0.3) is 11.0 Å². The normalized spacial score (nSPS) is 10.8. The van der Waals surface area contributed by atoms with Gasteiger partial charge < -0.3 is 10.6 Å². The van der Waals surface area contributed by atoms with E-state index in [2.05, 4.69) is 30.8 Å². The summed E-state index contributed by atoms with van der Waals surface area (Å²) in [6, 6.07) is 14.5. The monoisotopic (exact) mass is 392 g/mol. The number of aromatic amines is 1. The van der Waals surface area contributed by atoms with Crippen molar-refractivity contribution < 1.29 is 4.79 Å². The summed E-state index contributed by atoms with van der Waals surface area (Å²) in [5, 5.41) is 14.3. The van der Waals surface area contributed by atoms with E-state index in [4.69, 9.17) is 11.6 Å². The van der Waals surface area contributed by atoms with E-state index in [-0.39, 0.29) is 5.91 Å². The van der Waals surface area contributed by atoms with Crippen LogP contribution >= 0.6 is 11.6 Å². The van der Waals surface area contributed by atoms with Crippen molar-refractivity contribution in [2.24, 2.45) is 0 Å². The second kappa shape index (κ2) is 7.66. The third-order valence-corrected chi connectivity index (χ3v) is 4.54. The van der Waals surface area contributed by atoms with Gasteiger partial charge in [0.15, 0.2) is 11.5 Å². The molecule has 140 valence electrons. The van der Waals surface area contributed by atoms with E-state index < -0.39 is 0 Å². The van der Waals surface area contributed by atoms with E-state index in [0.29, 0.717) is 34.3 Å². The summed E-state index contributed by atoms with van der Waals surface area (Å²) in [7, 11) is 0. The van der Waals surface area contributed by atoms with E-state index in [1.807, 2.05) is 37.3 Å². The van der Waals surface area contributed by atoms with Gasteiger partial charge in [-0.15, -0.1) is 0 Å². The topological polar surface area (TPSA) is 95.6 Å². The molecule has 7 nitrogen and oxygen atoms in total. The zero-order valence-corrected chi connectivity index (χ0v) is 15.8. The summed E-state index contributed by atoms with van der Waals surface area (Å²) < 4.78 is 0. The van der Waals surface area contributed by atoms with Crippen LogP contribution in [0.5, 0.6) is 0 Å². The molecule has 0 atom stereocenters. The SMILES string of the molecule is Cc1ccc2c(NC(=O)c3ccc(Cl)c(NCc4ccccn4)c3)n[nH]c2n1. The first-order valence-electron chi connectivity index (χ1n) is 8.66. The molecule has 28 heavy (non-hydrogen) atoms. The molecule has 1 aromatic carbocycles. The maximum Gasteiger partial charge on any atom is 0.256 e. The first-order valence-corrected chi connectivity index (χ1v) is 9.04. The first-order chi connectivity index (χ1) is 13.6. The number of benzene rings is 1. The lowest BCUT2D eigenvalue weighted by Gasteiger charge is -2.10. The van der Waals surface area contributed by atoms with Crippen LogP contribution in [0.3, 0.4) is 0 Å². The molecule has 0 radical (unpaired) electrons. The Morgan fingerprint density at radius 3 is 2.89 bits per heavy atom. The highest BCUT2D eigenvalue weighted by molar-refractivity contribution is 6.33. The van der Waals surface area contributed by atoms with Crippen molar-refractivity contribution in [1.29, 1.82) is 0 Å². The van der Waals surface area contributed by atoms with E-state index in [1.54, 1.807) is 24.4 Å². The smallest absolute Gasteiger partial charge is 0.256 e. The van der Waals surface area contributed by atoms with Gasteiger partial charge in [-0.2, -0.15) is 5.10 Å². The highest BCUT2D eigenvalue weighted by atomic mass is 35.5. The number of carbonyl (C=O) groups is 1. The van der Waals surface area contributed by atoms with Crippen molar-refractivity contribution in [3.63, 3.8) is 0 Å². The molecule has 0 saturated heterocycles. The molecule has 0 aliphatic carbocycles. The molecule has 3 aromatic heterocycles. The molecule has 0 aliphatic heterocycles. The number of rotatable bonds is 5. The summed E-state index contributed by atoms with van der Waals surface area (Å²) in [4.78, 5) is 21.3.